The summed E-state index contributed by atoms with van der Waals surface area (Å²) in [5, 5.41) is 28.6. The number of aliphatic hydroxyl groups is 1. The number of aliphatic carboxylic acids is 1. The second-order valence-corrected chi connectivity index (χ2v) is 6.00. The minimum Gasteiger partial charge on any atom is -0.481 e. The molecule has 0 spiro atoms. The van der Waals surface area contributed by atoms with Crippen molar-refractivity contribution in [3.8, 4) is 0 Å². The van der Waals surface area contributed by atoms with Crippen molar-refractivity contribution in [1.82, 2.24) is 0 Å². The van der Waals surface area contributed by atoms with Crippen molar-refractivity contribution in [2.24, 2.45) is 0 Å². The molecule has 23 heavy (non-hydrogen) atoms. The fourth-order valence-electron chi connectivity index (χ4n) is 2.99. The number of aryl methyl sites for hydroxylation is 1. The third-order valence-electron chi connectivity index (χ3n) is 4.29. The Morgan fingerprint density at radius 2 is 1.65 bits per heavy atom. The highest BCUT2D eigenvalue weighted by Crippen LogP contribution is 2.32. The van der Waals surface area contributed by atoms with Crippen LogP contribution in [0.15, 0.2) is 18.2 Å². The normalized spacial score (nSPS) is 16.7. The second-order valence-electron chi connectivity index (χ2n) is 6.00. The van der Waals surface area contributed by atoms with Crippen LogP contribution in [0, 0.1) is 0 Å². The number of Topliss-reactive ketones (excluding diaryl/α,β-unsaturated/α-hetero) is 1. The average molecular weight is 320 g/mol. The van der Waals surface area contributed by atoms with Gasteiger partial charge in [-0.05, 0) is 30.9 Å². The lowest BCUT2D eigenvalue weighted by atomic mass is 9.78. The molecule has 6 nitrogen and oxygen atoms in total. The first-order valence-electron chi connectivity index (χ1n) is 7.69. The van der Waals surface area contributed by atoms with Gasteiger partial charge in [-0.1, -0.05) is 31.4 Å². The molecule has 1 aromatic rings. The molecular weight excluding hydrogens is 300 g/mol. The number of ketones is 1. The SMILES string of the molecule is O=C(O)CCc1ccc(C(=O)C2(O)CCCCC2)c(C(=O)O)c1. The van der Waals surface area contributed by atoms with Gasteiger partial charge >= 0.3 is 11.9 Å². The largest absolute Gasteiger partial charge is 0.481 e. The molecule has 0 aromatic heterocycles. The van der Waals surface area contributed by atoms with Gasteiger partial charge in [0.05, 0.1) is 5.56 Å². The molecule has 2 rings (SSSR count). The van der Waals surface area contributed by atoms with Gasteiger partial charge in [0.1, 0.15) is 5.60 Å². The van der Waals surface area contributed by atoms with E-state index in [1.807, 2.05) is 0 Å². The molecule has 0 atom stereocenters. The molecule has 0 heterocycles. The Bertz CT molecular complexity index is 628. The van der Waals surface area contributed by atoms with Gasteiger partial charge in [-0.2, -0.15) is 0 Å². The first-order chi connectivity index (χ1) is 10.8. The van der Waals surface area contributed by atoms with E-state index in [-0.39, 0.29) is 24.0 Å². The van der Waals surface area contributed by atoms with E-state index in [1.165, 1.54) is 12.1 Å². The molecule has 0 amide bonds. The van der Waals surface area contributed by atoms with Gasteiger partial charge in [0.25, 0.3) is 0 Å². The number of carboxylic acid groups (broad SMARTS) is 2. The first kappa shape index (κ1) is 17.1. The quantitative estimate of drug-likeness (QED) is 0.693. The summed E-state index contributed by atoms with van der Waals surface area (Å²) >= 11 is 0. The summed E-state index contributed by atoms with van der Waals surface area (Å²) in [6, 6.07) is 4.26. The van der Waals surface area contributed by atoms with E-state index < -0.39 is 23.3 Å². The van der Waals surface area contributed by atoms with E-state index in [1.54, 1.807) is 6.07 Å². The minimum absolute atomic E-state index is 0.0130. The van der Waals surface area contributed by atoms with Gasteiger partial charge in [-0.25, -0.2) is 4.79 Å². The molecule has 1 aliphatic rings. The van der Waals surface area contributed by atoms with Crippen LogP contribution < -0.4 is 0 Å². The van der Waals surface area contributed by atoms with Crippen LogP contribution in [0.25, 0.3) is 0 Å². The monoisotopic (exact) mass is 320 g/mol. The summed E-state index contributed by atoms with van der Waals surface area (Å²) < 4.78 is 0. The van der Waals surface area contributed by atoms with E-state index >= 15 is 0 Å². The molecule has 1 saturated carbocycles. The number of carboxylic acids is 2. The van der Waals surface area contributed by atoms with Crippen molar-refractivity contribution < 1.29 is 29.7 Å². The van der Waals surface area contributed by atoms with Gasteiger partial charge in [0.15, 0.2) is 5.78 Å². The lowest BCUT2D eigenvalue weighted by Gasteiger charge is -2.31. The maximum atomic E-state index is 12.6. The molecule has 0 aliphatic heterocycles. The number of carbonyl (C=O) groups excluding carboxylic acids is 1. The molecule has 0 unspecified atom stereocenters. The minimum atomic E-state index is -1.50. The summed E-state index contributed by atoms with van der Waals surface area (Å²) in [7, 11) is 0. The number of hydrogen-bond donors (Lipinski definition) is 3. The summed E-state index contributed by atoms with van der Waals surface area (Å²) in [5.41, 5.74) is -1.15. The Hall–Kier alpha value is -2.21. The second kappa shape index (κ2) is 6.91. The van der Waals surface area contributed by atoms with Crippen molar-refractivity contribution in [3.05, 3.63) is 34.9 Å². The fraction of sp³-hybridized carbons (Fsp3) is 0.471. The van der Waals surface area contributed by atoms with Crippen LogP contribution in [0.3, 0.4) is 0 Å². The zero-order valence-corrected chi connectivity index (χ0v) is 12.7. The van der Waals surface area contributed by atoms with E-state index in [4.69, 9.17) is 5.11 Å². The number of benzene rings is 1. The van der Waals surface area contributed by atoms with Crippen LogP contribution in [0.2, 0.25) is 0 Å². The Morgan fingerprint density at radius 3 is 2.22 bits per heavy atom. The molecule has 6 heteroatoms. The lowest BCUT2D eigenvalue weighted by molar-refractivity contribution is -0.136. The Kier molecular flexibility index (Phi) is 5.15. The van der Waals surface area contributed by atoms with Gasteiger partial charge < -0.3 is 15.3 Å². The van der Waals surface area contributed by atoms with Crippen LogP contribution in [0.5, 0.6) is 0 Å². The molecule has 1 aromatic carbocycles. The number of hydrogen-bond acceptors (Lipinski definition) is 4. The van der Waals surface area contributed by atoms with Crippen molar-refractivity contribution in [2.75, 3.05) is 0 Å². The highest BCUT2D eigenvalue weighted by molar-refractivity contribution is 6.09. The van der Waals surface area contributed by atoms with Crippen molar-refractivity contribution in [3.63, 3.8) is 0 Å². The Morgan fingerprint density at radius 1 is 1.00 bits per heavy atom. The predicted octanol–water partition coefficient (Wildman–Crippen LogP) is 2.28. The van der Waals surface area contributed by atoms with Crippen LogP contribution in [-0.4, -0.2) is 38.6 Å². The summed E-state index contributed by atoms with van der Waals surface area (Å²) in [6.07, 6.45) is 3.18. The highest BCUT2D eigenvalue weighted by atomic mass is 16.4. The lowest BCUT2D eigenvalue weighted by Crippen LogP contribution is -2.41. The first-order valence-corrected chi connectivity index (χ1v) is 7.69. The summed E-state index contributed by atoms with van der Waals surface area (Å²) in [4.78, 5) is 34.7. The number of carbonyl (C=O) groups is 3. The average Bonchev–Trinajstić information content (AvgIpc) is 2.52. The van der Waals surface area contributed by atoms with Gasteiger partial charge in [0, 0.05) is 12.0 Å². The zero-order chi connectivity index (χ0) is 17.0. The van der Waals surface area contributed by atoms with E-state index in [0.29, 0.717) is 18.4 Å². The molecule has 1 aliphatic carbocycles. The zero-order valence-electron chi connectivity index (χ0n) is 12.7. The topological polar surface area (TPSA) is 112 Å². The molecule has 0 bridgehead atoms. The molecule has 1 fully saturated rings. The van der Waals surface area contributed by atoms with Gasteiger partial charge in [0.2, 0.25) is 0 Å². The molecule has 124 valence electrons. The fourth-order valence-corrected chi connectivity index (χ4v) is 2.99. The standard InChI is InChI=1S/C17H20O6/c18-14(19)7-5-11-4-6-12(13(10-11)16(21)22)15(20)17(23)8-2-1-3-9-17/h4,6,10,23H,1-3,5,7-9H2,(H,18,19)(H,21,22). The van der Waals surface area contributed by atoms with Crippen LogP contribution in [0.4, 0.5) is 0 Å². The predicted molar refractivity (Wildman–Crippen MR) is 81.7 cm³/mol. The number of aromatic carboxylic acids is 1. The summed E-state index contributed by atoms with van der Waals surface area (Å²) in [5.74, 6) is -2.79. The van der Waals surface area contributed by atoms with Crippen molar-refractivity contribution in [1.29, 1.82) is 0 Å². The van der Waals surface area contributed by atoms with Gasteiger partial charge in [-0.3, -0.25) is 9.59 Å². The van der Waals surface area contributed by atoms with Crippen LogP contribution >= 0.6 is 0 Å². The highest BCUT2D eigenvalue weighted by Gasteiger charge is 2.39. The summed E-state index contributed by atoms with van der Waals surface area (Å²) in [6.45, 7) is 0. The molecule has 3 N–H and O–H groups in total. The Balaban J connectivity index is 2.32. The maximum absolute atomic E-state index is 12.6. The van der Waals surface area contributed by atoms with Crippen LogP contribution in [0.1, 0.15) is 64.8 Å². The van der Waals surface area contributed by atoms with E-state index in [2.05, 4.69) is 0 Å². The van der Waals surface area contributed by atoms with Crippen LogP contribution in [-0.2, 0) is 11.2 Å². The van der Waals surface area contributed by atoms with Crippen molar-refractivity contribution in [2.45, 2.75) is 50.5 Å². The number of rotatable bonds is 6. The Labute approximate surface area is 133 Å². The maximum Gasteiger partial charge on any atom is 0.336 e. The molecule has 0 saturated heterocycles. The third kappa shape index (κ3) is 3.96. The van der Waals surface area contributed by atoms with E-state index in [0.717, 1.165) is 19.3 Å². The van der Waals surface area contributed by atoms with Gasteiger partial charge in [-0.15, -0.1) is 0 Å². The molecule has 0 radical (unpaired) electrons. The van der Waals surface area contributed by atoms with Crippen molar-refractivity contribution >= 4 is 17.7 Å². The third-order valence-corrected chi connectivity index (χ3v) is 4.29. The molecular formula is C17H20O6. The van der Waals surface area contributed by atoms with E-state index in [9.17, 15) is 24.6 Å². The smallest absolute Gasteiger partial charge is 0.336 e.